The van der Waals surface area contributed by atoms with Gasteiger partial charge in [-0.1, -0.05) is 18.5 Å². The summed E-state index contributed by atoms with van der Waals surface area (Å²) in [6.07, 6.45) is 3.04. The van der Waals surface area contributed by atoms with Crippen LogP contribution in [0.2, 0.25) is 5.02 Å². The van der Waals surface area contributed by atoms with E-state index in [1.54, 1.807) is 6.07 Å². The van der Waals surface area contributed by atoms with Crippen molar-refractivity contribution >= 4 is 40.1 Å². The van der Waals surface area contributed by atoms with Crippen molar-refractivity contribution < 1.29 is 4.79 Å². The van der Waals surface area contributed by atoms with Crippen LogP contribution in [0.5, 0.6) is 0 Å². The average Bonchev–Trinajstić information content (AvgIpc) is 2.47. The van der Waals surface area contributed by atoms with Crippen LogP contribution in [-0.4, -0.2) is 36.5 Å². The third-order valence-corrected chi connectivity index (χ3v) is 4.81. The highest BCUT2D eigenvalue weighted by Gasteiger charge is 2.26. The van der Waals surface area contributed by atoms with Crippen molar-refractivity contribution in [3.8, 4) is 0 Å². The molecule has 1 N–H and O–H groups in total. The number of hydrogen-bond acceptors (Lipinski definition) is 2. The van der Waals surface area contributed by atoms with Crippen molar-refractivity contribution in [1.29, 1.82) is 0 Å². The zero-order valence-corrected chi connectivity index (χ0v) is 14.6. The summed E-state index contributed by atoms with van der Waals surface area (Å²) in [5, 5.41) is 3.97. The molecule has 1 aromatic rings. The molecule has 1 heterocycles. The number of rotatable bonds is 4. The zero-order valence-electron chi connectivity index (χ0n) is 11.7. The predicted octanol–water partition coefficient (Wildman–Crippen LogP) is 3.55. The van der Waals surface area contributed by atoms with Gasteiger partial charge < -0.3 is 10.2 Å². The summed E-state index contributed by atoms with van der Waals surface area (Å²) in [4.78, 5) is 14.9. The van der Waals surface area contributed by atoms with E-state index < -0.39 is 0 Å². The third-order valence-electron chi connectivity index (χ3n) is 3.63. The van der Waals surface area contributed by atoms with Crippen LogP contribution in [0.3, 0.4) is 0 Å². The number of benzene rings is 1. The Bertz CT molecular complexity index is 475. The Hall–Kier alpha value is -0.330. The lowest BCUT2D eigenvalue weighted by Crippen LogP contribution is -2.46. The monoisotopic (exact) mass is 406 g/mol. The van der Waals surface area contributed by atoms with Gasteiger partial charge in [0.2, 0.25) is 0 Å². The first-order valence-electron chi connectivity index (χ1n) is 7.10. The molecule has 0 aromatic heterocycles. The van der Waals surface area contributed by atoms with Crippen LogP contribution in [0.15, 0.2) is 18.2 Å². The number of hydrogen-bond donors (Lipinski definition) is 1. The van der Waals surface area contributed by atoms with E-state index in [-0.39, 0.29) is 5.91 Å². The predicted molar refractivity (Wildman–Crippen MR) is 91.4 cm³/mol. The molecule has 1 aliphatic heterocycles. The zero-order chi connectivity index (χ0) is 14.5. The summed E-state index contributed by atoms with van der Waals surface area (Å²) in [7, 11) is 0. The van der Waals surface area contributed by atoms with E-state index in [1.807, 2.05) is 17.0 Å². The van der Waals surface area contributed by atoms with E-state index in [1.165, 1.54) is 0 Å². The van der Waals surface area contributed by atoms with Crippen molar-refractivity contribution in [2.24, 2.45) is 0 Å². The summed E-state index contributed by atoms with van der Waals surface area (Å²) in [6.45, 7) is 4.91. The molecule has 0 bridgehead atoms. The molecule has 0 radical (unpaired) electrons. The van der Waals surface area contributed by atoms with Crippen LogP contribution in [0.4, 0.5) is 0 Å². The maximum absolute atomic E-state index is 12.8. The SMILES string of the molecule is CCCN(C(=O)c1cc(Cl)ccc1I)C1CCNCC1. The molecule has 0 atom stereocenters. The minimum atomic E-state index is 0.116. The molecule has 2 rings (SSSR count). The fourth-order valence-electron chi connectivity index (χ4n) is 2.63. The number of piperidine rings is 1. The summed E-state index contributed by atoms with van der Waals surface area (Å²) in [5.74, 6) is 0.116. The number of nitrogens with zero attached hydrogens (tertiary/aromatic N) is 1. The molecule has 0 aliphatic carbocycles. The lowest BCUT2D eigenvalue weighted by atomic mass is 10.0. The quantitative estimate of drug-likeness (QED) is 0.776. The first-order valence-corrected chi connectivity index (χ1v) is 8.56. The van der Waals surface area contributed by atoms with Crippen LogP contribution in [-0.2, 0) is 0 Å². The molecule has 0 unspecified atom stereocenters. The number of nitrogens with one attached hydrogen (secondary N) is 1. The largest absolute Gasteiger partial charge is 0.336 e. The van der Waals surface area contributed by atoms with Crippen LogP contribution < -0.4 is 5.32 Å². The molecule has 1 fully saturated rings. The van der Waals surface area contributed by atoms with Crippen LogP contribution in [0.1, 0.15) is 36.5 Å². The van der Waals surface area contributed by atoms with Gasteiger partial charge in [0.25, 0.3) is 5.91 Å². The van der Waals surface area contributed by atoms with E-state index >= 15 is 0 Å². The highest BCUT2D eigenvalue weighted by Crippen LogP contribution is 2.22. The van der Waals surface area contributed by atoms with Crippen molar-refractivity contribution in [2.75, 3.05) is 19.6 Å². The molecule has 0 spiro atoms. The van der Waals surface area contributed by atoms with Gasteiger partial charge in [0.05, 0.1) is 5.56 Å². The number of carbonyl (C=O) groups is 1. The van der Waals surface area contributed by atoms with Crippen molar-refractivity contribution in [3.63, 3.8) is 0 Å². The molecule has 1 aliphatic rings. The molecular formula is C15H20ClIN2O. The Morgan fingerprint density at radius 2 is 2.15 bits per heavy atom. The van der Waals surface area contributed by atoms with Gasteiger partial charge in [-0.2, -0.15) is 0 Å². The van der Waals surface area contributed by atoms with E-state index in [2.05, 4.69) is 34.8 Å². The summed E-state index contributed by atoms with van der Waals surface area (Å²) in [6, 6.07) is 5.87. The lowest BCUT2D eigenvalue weighted by Gasteiger charge is -2.35. The van der Waals surface area contributed by atoms with E-state index in [0.29, 0.717) is 11.1 Å². The molecule has 110 valence electrons. The molecule has 20 heavy (non-hydrogen) atoms. The summed E-state index contributed by atoms with van der Waals surface area (Å²) < 4.78 is 0.965. The molecule has 3 nitrogen and oxygen atoms in total. The maximum Gasteiger partial charge on any atom is 0.255 e. The van der Waals surface area contributed by atoms with Gasteiger partial charge in [0, 0.05) is 21.2 Å². The van der Waals surface area contributed by atoms with Crippen LogP contribution >= 0.6 is 34.2 Å². The Labute approximate surface area is 139 Å². The second-order valence-corrected chi connectivity index (χ2v) is 6.70. The second-order valence-electron chi connectivity index (χ2n) is 5.10. The minimum Gasteiger partial charge on any atom is -0.336 e. The molecular weight excluding hydrogens is 387 g/mol. The average molecular weight is 407 g/mol. The standard InChI is InChI=1S/C15H20ClIN2O/c1-2-9-19(12-5-7-18-8-6-12)15(20)13-10-11(16)3-4-14(13)17/h3-4,10,12,18H,2,5-9H2,1H3. The Morgan fingerprint density at radius 3 is 2.80 bits per heavy atom. The highest BCUT2D eigenvalue weighted by molar-refractivity contribution is 14.1. The molecule has 0 saturated carbocycles. The van der Waals surface area contributed by atoms with Crippen LogP contribution in [0.25, 0.3) is 0 Å². The smallest absolute Gasteiger partial charge is 0.255 e. The fraction of sp³-hybridized carbons (Fsp3) is 0.533. The van der Waals surface area contributed by atoms with Gasteiger partial charge in [-0.05, 0) is 73.1 Å². The van der Waals surface area contributed by atoms with Crippen molar-refractivity contribution in [2.45, 2.75) is 32.2 Å². The van der Waals surface area contributed by atoms with Crippen LogP contribution in [0, 0.1) is 3.57 Å². The Kier molecular flexibility index (Phi) is 6.11. The fourth-order valence-corrected chi connectivity index (χ4v) is 3.36. The molecule has 1 saturated heterocycles. The Morgan fingerprint density at radius 1 is 1.45 bits per heavy atom. The van der Waals surface area contributed by atoms with Gasteiger partial charge in [-0.25, -0.2) is 0 Å². The Balaban J connectivity index is 2.23. The molecule has 1 amide bonds. The van der Waals surface area contributed by atoms with Crippen molar-refractivity contribution in [3.05, 3.63) is 32.4 Å². The molecule has 5 heteroatoms. The van der Waals surface area contributed by atoms with E-state index in [9.17, 15) is 4.79 Å². The topological polar surface area (TPSA) is 32.3 Å². The normalized spacial score (nSPS) is 16.1. The van der Waals surface area contributed by atoms with Gasteiger partial charge in [-0.3, -0.25) is 4.79 Å². The first kappa shape index (κ1) is 16.0. The second kappa shape index (κ2) is 7.61. The highest BCUT2D eigenvalue weighted by atomic mass is 127. The van der Waals surface area contributed by atoms with Crippen molar-refractivity contribution in [1.82, 2.24) is 10.2 Å². The summed E-state index contributed by atoms with van der Waals surface area (Å²) >= 11 is 8.25. The minimum absolute atomic E-state index is 0.116. The first-order chi connectivity index (χ1) is 9.63. The maximum atomic E-state index is 12.8. The van der Waals surface area contributed by atoms with Gasteiger partial charge in [0.1, 0.15) is 0 Å². The molecule has 1 aromatic carbocycles. The summed E-state index contributed by atoms with van der Waals surface area (Å²) in [5.41, 5.74) is 0.727. The number of halogens is 2. The van der Waals surface area contributed by atoms with Gasteiger partial charge in [-0.15, -0.1) is 0 Å². The van der Waals surface area contributed by atoms with E-state index in [4.69, 9.17) is 11.6 Å². The lowest BCUT2D eigenvalue weighted by molar-refractivity contribution is 0.0641. The van der Waals surface area contributed by atoms with Gasteiger partial charge >= 0.3 is 0 Å². The van der Waals surface area contributed by atoms with Gasteiger partial charge in [0.15, 0.2) is 0 Å². The third kappa shape index (κ3) is 3.86. The number of amides is 1. The van der Waals surface area contributed by atoms with E-state index in [0.717, 1.165) is 48.0 Å². The number of carbonyl (C=O) groups excluding carboxylic acids is 1.